The molecule has 24 heavy (non-hydrogen) atoms. The summed E-state index contributed by atoms with van der Waals surface area (Å²) in [7, 11) is 4.80. The second-order valence-electron chi connectivity index (χ2n) is 5.71. The van der Waals surface area contributed by atoms with Crippen LogP contribution < -0.4 is 25.3 Å². The average molecular weight is 338 g/mol. The predicted octanol–water partition coefficient (Wildman–Crippen LogP) is 2.14. The number of carbonyl (C=O) groups is 1. The quantitative estimate of drug-likeness (QED) is 0.683. The lowest BCUT2D eigenvalue weighted by molar-refractivity contribution is -0.131. The molecule has 0 aliphatic carbocycles. The molecule has 0 saturated carbocycles. The molecule has 0 heterocycles. The molecule has 0 atom stereocenters. The largest absolute Gasteiger partial charge is 0.496 e. The number of hydrogen-bond donors (Lipinski definition) is 2. The van der Waals surface area contributed by atoms with E-state index in [1.807, 2.05) is 26.0 Å². The molecule has 0 radical (unpaired) electrons. The first-order chi connectivity index (χ1) is 11.5. The number of nitrogens with one attached hydrogen (secondary N) is 1. The Morgan fingerprint density at radius 2 is 1.62 bits per heavy atom. The zero-order chi connectivity index (χ0) is 18.2. The van der Waals surface area contributed by atoms with Gasteiger partial charge in [-0.15, -0.1) is 0 Å². The van der Waals surface area contributed by atoms with E-state index in [-0.39, 0.29) is 5.91 Å². The summed E-state index contributed by atoms with van der Waals surface area (Å²) in [6.45, 7) is 4.82. The Labute approximate surface area is 144 Å². The molecular formula is C18H30N2O4. The third-order valence-electron chi connectivity index (χ3n) is 4.70. The van der Waals surface area contributed by atoms with E-state index in [1.165, 1.54) is 0 Å². The number of ether oxygens (including phenoxy) is 3. The standard InChI is InChI=1S/C18H30N2O4/c1-6-18(7-2,12-19)17(21)20-9-8-14-15(23-4)10-13(22-3)11-16(14)24-5/h10-11H,6-9,12,19H2,1-5H3,(H,20,21). The summed E-state index contributed by atoms with van der Waals surface area (Å²) < 4.78 is 16.1. The Kier molecular flexibility index (Phi) is 7.85. The molecule has 0 unspecified atom stereocenters. The van der Waals surface area contributed by atoms with Gasteiger partial charge in [-0.1, -0.05) is 13.8 Å². The monoisotopic (exact) mass is 338 g/mol. The summed E-state index contributed by atoms with van der Waals surface area (Å²) in [5.74, 6) is 2.02. The van der Waals surface area contributed by atoms with Crippen LogP contribution in [0, 0.1) is 5.41 Å². The first-order valence-corrected chi connectivity index (χ1v) is 8.29. The van der Waals surface area contributed by atoms with Crippen LogP contribution in [0.1, 0.15) is 32.3 Å². The van der Waals surface area contributed by atoms with Crippen LogP contribution in [0.3, 0.4) is 0 Å². The maximum atomic E-state index is 12.5. The van der Waals surface area contributed by atoms with Gasteiger partial charge >= 0.3 is 0 Å². The topological polar surface area (TPSA) is 82.8 Å². The minimum atomic E-state index is -0.492. The van der Waals surface area contributed by atoms with Crippen LogP contribution in [0.15, 0.2) is 12.1 Å². The first kappa shape index (κ1) is 20.1. The molecular weight excluding hydrogens is 308 g/mol. The van der Waals surface area contributed by atoms with Crippen molar-refractivity contribution in [2.24, 2.45) is 11.1 Å². The number of carbonyl (C=O) groups excluding carboxylic acids is 1. The Morgan fingerprint density at radius 1 is 1.08 bits per heavy atom. The number of hydrogen-bond acceptors (Lipinski definition) is 5. The molecule has 0 saturated heterocycles. The molecule has 0 spiro atoms. The maximum Gasteiger partial charge on any atom is 0.227 e. The molecule has 0 bridgehead atoms. The minimum Gasteiger partial charge on any atom is -0.496 e. The predicted molar refractivity (Wildman–Crippen MR) is 94.9 cm³/mol. The molecule has 1 rings (SSSR count). The fourth-order valence-corrected chi connectivity index (χ4v) is 2.77. The summed E-state index contributed by atoms with van der Waals surface area (Å²) in [4.78, 5) is 12.5. The van der Waals surface area contributed by atoms with E-state index in [1.54, 1.807) is 21.3 Å². The van der Waals surface area contributed by atoms with Gasteiger partial charge in [0.25, 0.3) is 0 Å². The van der Waals surface area contributed by atoms with Gasteiger partial charge in [0.15, 0.2) is 0 Å². The lowest BCUT2D eigenvalue weighted by Crippen LogP contribution is -2.45. The highest BCUT2D eigenvalue weighted by Crippen LogP contribution is 2.34. The van der Waals surface area contributed by atoms with E-state index < -0.39 is 5.41 Å². The van der Waals surface area contributed by atoms with Crippen molar-refractivity contribution in [1.82, 2.24) is 5.32 Å². The third kappa shape index (κ3) is 4.32. The summed E-state index contributed by atoms with van der Waals surface area (Å²) in [6, 6.07) is 3.61. The van der Waals surface area contributed by atoms with E-state index in [4.69, 9.17) is 19.9 Å². The van der Waals surface area contributed by atoms with Crippen molar-refractivity contribution < 1.29 is 19.0 Å². The van der Waals surface area contributed by atoms with E-state index in [2.05, 4.69) is 5.32 Å². The van der Waals surface area contributed by atoms with Crippen molar-refractivity contribution in [3.8, 4) is 17.2 Å². The van der Waals surface area contributed by atoms with Crippen LogP contribution in [0.25, 0.3) is 0 Å². The summed E-state index contributed by atoms with van der Waals surface area (Å²) in [5.41, 5.74) is 6.22. The van der Waals surface area contributed by atoms with Gasteiger partial charge in [-0.05, 0) is 19.3 Å². The fraction of sp³-hybridized carbons (Fsp3) is 0.611. The normalized spacial score (nSPS) is 11.1. The number of rotatable bonds is 10. The molecule has 0 aliphatic rings. The number of nitrogens with two attached hydrogens (primary N) is 1. The summed E-state index contributed by atoms with van der Waals surface area (Å²) in [6.07, 6.45) is 2.04. The van der Waals surface area contributed by atoms with Gasteiger partial charge < -0.3 is 25.3 Å². The van der Waals surface area contributed by atoms with Crippen molar-refractivity contribution in [1.29, 1.82) is 0 Å². The Bertz CT molecular complexity index is 509. The van der Waals surface area contributed by atoms with Gasteiger partial charge in [0.05, 0.1) is 26.7 Å². The van der Waals surface area contributed by atoms with Crippen LogP contribution in [0.2, 0.25) is 0 Å². The second-order valence-corrected chi connectivity index (χ2v) is 5.71. The van der Waals surface area contributed by atoms with E-state index in [9.17, 15) is 4.79 Å². The minimum absolute atomic E-state index is 0.00134. The molecule has 0 fully saturated rings. The molecule has 0 aliphatic heterocycles. The zero-order valence-electron chi connectivity index (χ0n) is 15.4. The molecule has 1 aromatic carbocycles. The Morgan fingerprint density at radius 3 is 2.00 bits per heavy atom. The van der Waals surface area contributed by atoms with Gasteiger partial charge in [0.2, 0.25) is 5.91 Å². The van der Waals surface area contributed by atoms with Gasteiger partial charge in [0.1, 0.15) is 17.2 Å². The third-order valence-corrected chi connectivity index (χ3v) is 4.70. The van der Waals surface area contributed by atoms with Crippen LogP contribution >= 0.6 is 0 Å². The Balaban J connectivity index is 2.86. The van der Waals surface area contributed by atoms with E-state index in [0.29, 0.717) is 36.8 Å². The zero-order valence-corrected chi connectivity index (χ0v) is 15.4. The van der Waals surface area contributed by atoms with Gasteiger partial charge in [-0.25, -0.2) is 0 Å². The van der Waals surface area contributed by atoms with Crippen LogP contribution in [-0.4, -0.2) is 40.3 Å². The fourth-order valence-electron chi connectivity index (χ4n) is 2.77. The van der Waals surface area contributed by atoms with Crippen molar-refractivity contribution in [2.75, 3.05) is 34.4 Å². The van der Waals surface area contributed by atoms with Crippen molar-refractivity contribution >= 4 is 5.91 Å². The van der Waals surface area contributed by atoms with Gasteiger partial charge in [-0.2, -0.15) is 0 Å². The van der Waals surface area contributed by atoms with Crippen LogP contribution in [0.5, 0.6) is 17.2 Å². The molecule has 3 N–H and O–H groups in total. The smallest absolute Gasteiger partial charge is 0.227 e. The molecule has 6 heteroatoms. The highest BCUT2D eigenvalue weighted by atomic mass is 16.5. The number of benzene rings is 1. The van der Waals surface area contributed by atoms with E-state index in [0.717, 1.165) is 18.4 Å². The van der Waals surface area contributed by atoms with Crippen LogP contribution in [-0.2, 0) is 11.2 Å². The molecule has 6 nitrogen and oxygen atoms in total. The van der Waals surface area contributed by atoms with Gasteiger partial charge in [0, 0.05) is 30.8 Å². The molecule has 1 aromatic rings. The number of methoxy groups -OCH3 is 3. The molecule has 136 valence electrons. The van der Waals surface area contributed by atoms with Crippen molar-refractivity contribution in [3.05, 3.63) is 17.7 Å². The SMILES string of the molecule is CCC(CC)(CN)C(=O)NCCc1c(OC)cc(OC)cc1OC. The maximum absolute atomic E-state index is 12.5. The van der Waals surface area contributed by atoms with Crippen LogP contribution in [0.4, 0.5) is 0 Å². The lowest BCUT2D eigenvalue weighted by Gasteiger charge is -2.28. The lowest BCUT2D eigenvalue weighted by atomic mass is 9.81. The summed E-state index contributed by atoms with van der Waals surface area (Å²) in [5, 5.41) is 2.99. The Hall–Kier alpha value is -1.95. The highest BCUT2D eigenvalue weighted by molar-refractivity contribution is 5.82. The second kappa shape index (κ2) is 9.37. The highest BCUT2D eigenvalue weighted by Gasteiger charge is 2.32. The molecule has 0 aromatic heterocycles. The first-order valence-electron chi connectivity index (χ1n) is 8.29. The summed E-state index contributed by atoms with van der Waals surface area (Å²) >= 11 is 0. The van der Waals surface area contributed by atoms with Crippen molar-refractivity contribution in [3.63, 3.8) is 0 Å². The van der Waals surface area contributed by atoms with Crippen molar-refractivity contribution in [2.45, 2.75) is 33.1 Å². The van der Waals surface area contributed by atoms with E-state index >= 15 is 0 Å². The average Bonchev–Trinajstić information content (AvgIpc) is 2.63. The van der Waals surface area contributed by atoms with Gasteiger partial charge in [-0.3, -0.25) is 4.79 Å². The number of amides is 1. The molecule has 1 amide bonds.